The summed E-state index contributed by atoms with van der Waals surface area (Å²) >= 11 is 0. The Morgan fingerprint density at radius 1 is 0.913 bits per heavy atom. The minimum Gasteiger partial charge on any atom is -0.468 e. The van der Waals surface area contributed by atoms with Crippen LogP contribution in [0.25, 0.3) is 0 Å². The van der Waals surface area contributed by atoms with Gasteiger partial charge in [0, 0.05) is 13.0 Å². The number of hydrogen-bond donors (Lipinski definition) is 0. The second-order valence-electron chi connectivity index (χ2n) is 5.64. The Bertz CT molecular complexity index is 693. The fourth-order valence-corrected chi connectivity index (χ4v) is 3.53. The molecule has 0 saturated carbocycles. The molecule has 118 valence electrons. The highest BCUT2D eigenvalue weighted by Crippen LogP contribution is 2.51. The van der Waals surface area contributed by atoms with Crippen LogP contribution in [0.1, 0.15) is 17.0 Å². The van der Waals surface area contributed by atoms with E-state index >= 15 is 0 Å². The number of benzene rings is 2. The van der Waals surface area contributed by atoms with Gasteiger partial charge in [-0.1, -0.05) is 72.8 Å². The molecule has 0 heterocycles. The van der Waals surface area contributed by atoms with E-state index in [4.69, 9.17) is 9.47 Å². The Hall–Kier alpha value is -2.39. The van der Waals surface area contributed by atoms with E-state index in [9.17, 15) is 4.79 Å². The Balaban J connectivity index is 2.17. The van der Waals surface area contributed by atoms with Gasteiger partial charge in [0.05, 0.1) is 7.11 Å². The summed E-state index contributed by atoms with van der Waals surface area (Å²) in [5.41, 5.74) is 1.29. The smallest absolute Gasteiger partial charge is 0.315 e. The first-order valence-electron chi connectivity index (χ1n) is 7.65. The molecule has 3 heteroatoms. The van der Waals surface area contributed by atoms with Gasteiger partial charge in [0.1, 0.15) is 11.5 Å². The van der Waals surface area contributed by atoms with E-state index in [-0.39, 0.29) is 11.9 Å². The molecule has 3 atom stereocenters. The Labute approximate surface area is 136 Å². The largest absolute Gasteiger partial charge is 0.468 e. The second kappa shape index (κ2) is 6.39. The molecule has 3 rings (SSSR count). The van der Waals surface area contributed by atoms with Gasteiger partial charge in [-0.15, -0.1) is 0 Å². The van der Waals surface area contributed by atoms with Crippen molar-refractivity contribution in [2.24, 2.45) is 5.92 Å². The summed E-state index contributed by atoms with van der Waals surface area (Å²) in [5.74, 6) is -0.823. The van der Waals surface area contributed by atoms with Gasteiger partial charge in [0.15, 0.2) is 0 Å². The molecule has 3 nitrogen and oxygen atoms in total. The van der Waals surface area contributed by atoms with Crippen molar-refractivity contribution in [3.63, 3.8) is 0 Å². The maximum Gasteiger partial charge on any atom is 0.315 e. The summed E-state index contributed by atoms with van der Waals surface area (Å²) < 4.78 is 11.1. The van der Waals surface area contributed by atoms with Crippen LogP contribution in [0.15, 0.2) is 72.8 Å². The van der Waals surface area contributed by atoms with Crippen LogP contribution >= 0.6 is 0 Å². The normalized spacial score (nSPS) is 26.2. The van der Waals surface area contributed by atoms with Crippen molar-refractivity contribution in [3.05, 3.63) is 83.9 Å². The molecule has 0 radical (unpaired) electrons. The third kappa shape index (κ3) is 2.47. The summed E-state index contributed by atoms with van der Waals surface area (Å²) in [6, 6.07) is 20.0. The zero-order valence-corrected chi connectivity index (χ0v) is 13.3. The van der Waals surface area contributed by atoms with Crippen molar-refractivity contribution in [3.8, 4) is 0 Å². The second-order valence-corrected chi connectivity index (χ2v) is 5.64. The number of ether oxygens (including phenoxy) is 2. The molecule has 1 aliphatic rings. The van der Waals surface area contributed by atoms with Gasteiger partial charge in [-0.25, -0.2) is 0 Å². The van der Waals surface area contributed by atoms with E-state index in [1.54, 1.807) is 7.11 Å². The van der Waals surface area contributed by atoms with Crippen LogP contribution < -0.4 is 0 Å². The van der Waals surface area contributed by atoms with Gasteiger partial charge in [0.25, 0.3) is 0 Å². The van der Waals surface area contributed by atoms with Crippen LogP contribution in [-0.2, 0) is 19.9 Å². The first-order valence-corrected chi connectivity index (χ1v) is 7.65. The summed E-state index contributed by atoms with van der Waals surface area (Å²) in [7, 11) is 3.07. The molecule has 23 heavy (non-hydrogen) atoms. The zero-order valence-electron chi connectivity index (χ0n) is 13.3. The average molecular weight is 308 g/mol. The molecule has 1 aliphatic carbocycles. The summed E-state index contributed by atoms with van der Waals surface area (Å²) in [6.45, 7) is 0. The highest BCUT2D eigenvalue weighted by atomic mass is 16.5. The van der Waals surface area contributed by atoms with Crippen LogP contribution in [0, 0.1) is 5.92 Å². The molecular weight excluding hydrogens is 288 g/mol. The van der Waals surface area contributed by atoms with Crippen molar-refractivity contribution in [1.82, 2.24) is 0 Å². The molecule has 0 aromatic heterocycles. The third-order valence-electron chi connectivity index (χ3n) is 4.60. The fourth-order valence-electron chi connectivity index (χ4n) is 3.53. The molecule has 0 amide bonds. The Kier molecular flexibility index (Phi) is 4.30. The van der Waals surface area contributed by atoms with Crippen molar-refractivity contribution in [2.75, 3.05) is 14.2 Å². The number of carbonyl (C=O) groups excluding carboxylic acids is 1. The highest BCUT2D eigenvalue weighted by Gasteiger charge is 2.53. The summed E-state index contributed by atoms with van der Waals surface area (Å²) in [6.07, 6.45) is 3.95. The molecule has 0 bridgehead atoms. The number of methoxy groups -OCH3 is 2. The van der Waals surface area contributed by atoms with Crippen LogP contribution in [-0.4, -0.2) is 20.2 Å². The van der Waals surface area contributed by atoms with Crippen LogP contribution in [0.4, 0.5) is 0 Å². The molecule has 0 saturated heterocycles. The van der Waals surface area contributed by atoms with Crippen molar-refractivity contribution < 1.29 is 14.3 Å². The van der Waals surface area contributed by atoms with Crippen LogP contribution in [0.2, 0.25) is 0 Å². The number of hydrogen-bond acceptors (Lipinski definition) is 3. The fraction of sp³-hybridized carbons (Fsp3) is 0.250. The number of esters is 1. The van der Waals surface area contributed by atoms with Crippen LogP contribution in [0.3, 0.4) is 0 Å². The lowest BCUT2D eigenvalue weighted by Crippen LogP contribution is -2.42. The summed E-state index contributed by atoms with van der Waals surface area (Å²) in [4.78, 5) is 12.4. The summed E-state index contributed by atoms with van der Waals surface area (Å²) in [5, 5.41) is 0. The topological polar surface area (TPSA) is 35.5 Å². The van der Waals surface area contributed by atoms with E-state index in [2.05, 4.69) is 12.1 Å². The lowest BCUT2D eigenvalue weighted by atomic mass is 9.74. The van der Waals surface area contributed by atoms with Gasteiger partial charge in [-0.05, 0) is 11.1 Å². The molecule has 0 fully saturated rings. The average Bonchev–Trinajstić information content (AvgIpc) is 3.03. The predicted octanol–water partition coefficient (Wildman–Crippen LogP) is 3.67. The Morgan fingerprint density at radius 3 is 2.09 bits per heavy atom. The molecule has 0 unspecified atom stereocenters. The molecule has 0 aliphatic heterocycles. The minimum absolute atomic E-state index is 0.0554. The van der Waals surface area contributed by atoms with Crippen molar-refractivity contribution in [1.29, 1.82) is 0 Å². The lowest BCUT2D eigenvalue weighted by Gasteiger charge is -2.39. The molecule has 0 spiro atoms. The van der Waals surface area contributed by atoms with Crippen molar-refractivity contribution in [2.45, 2.75) is 11.5 Å². The first kappa shape index (κ1) is 15.5. The molecule has 0 N–H and O–H groups in total. The van der Waals surface area contributed by atoms with Gasteiger partial charge in [0.2, 0.25) is 0 Å². The predicted molar refractivity (Wildman–Crippen MR) is 89.0 cm³/mol. The SMILES string of the molecule is COC(=O)[C@@H]1C=C[C@H](c2ccccc2)[C@@]1(OC)c1ccccc1. The van der Waals surface area contributed by atoms with Crippen LogP contribution in [0.5, 0.6) is 0 Å². The van der Waals surface area contributed by atoms with Gasteiger partial charge in [-0.2, -0.15) is 0 Å². The number of rotatable bonds is 4. The van der Waals surface area contributed by atoms with E-state index in [0.29, 0.717) is 0 Å². The highest BCUT2D eigenvalue weighted by molar-refractivity contribution is 5.78. The third-order valence-corrected chi connectivity index (χ3v) is 4.60. The van der Waals surface area contributed by atoms with E-state index in [0.717, 1.165) is 11.1 Å². The Morgan fingerprint density at radius 2 is 1.52 bits per heavy atom. The molecular formula is C20H20O3. The number of carbonyl (C=O) groups is 1. The first-order chi connectivity index (χ1) is 11.2. The monoisotopic (exact) mass is 308 g/mol. The minimum atomic E-state index is -0.796. The maximum absolute atomic E-state index is 12.4. The standard InChI is InChI=1S/C20H20O3/c1-22-19(21)18-14-13-17(15-9-5-3-6-10-15)20(18,23-2)16-11-7-4-8-12-16/h3-14,17-18H,1-2H3/t17-,18+,20+/m1/s1. The zero-order chi connectivity index (χ0) is 16.3. The molecule has 2 aromatic rings. The van der Waals surface area contributed by atoms with Gasteiger partial charge in [-0.3, -0.25) is 4.79 Å². The van der Waals surface area contributed by atoms with Gasteiger partial charge >= 0.3 is 5.97 Å². The maximum atomic E-state index is 12.4. The van der Waals surface area contributed by atoms with E-state index < -0.39 is 11.5 Å². The van der Waals surface area contributed by atoms with Crippen molar-refractivity contribution >= 4 is 5.97 Å². The van der Waals surface area contributed by atoms with E-state index in [1.165, 1.54) is 7.11 Å². The molecule has 2 aromatic carbocycles. The van der Waals surface area contributed by atoms with E-state index in [1.807, 2.05) is 60.7 Å². The van der Waals surface area contributed by atoms with Gasteiger partial charge < -0.3 is 9.47 Å². The quantitative estimate of drug-likeness (QED) is 0.638. The lowest BCUT2D eigenvalue weighted by molar-refractivity contribution is -0.155.